The summed E-state index contributed by atoms with van der Waals surface area (Å²) in [4.78, 5) is 17.6. The van der Waals surface area contributed by atoms with Gasteiger partial charge in [0.05, 0.1) is 0 Å². The summed E-state index contributed by atoms with van der Waals surface area (Å²) in [6.07, 6.45) is 1.50. The van der Waals surface area contributed by atoms with Gasteiger partial charge in [-0.25, -0.2) is 0 Å². The van der Waals surface area contributed by atoms with Crippen molar-refractivity contribution in [2.45, 2.75) is 6.92 Å². The van der Waals surface area contributed by atoms with E-state index >= 15 is 0 Å². The van der Waals surface area contributed by atoms with Crippen LogP contribution in [-0.4, -0.2) is 15.8 Å². The highest BCUT2D eigenvalue weighted by atomic mass is 32.1. The van der Waals surface area contributed by atoms with Gasteiger partial charge in [-0.3, -0.25) is 14.8 Å². The van der Waals surface area contributed by atoms with Gasteiger partial charge in [-0.1, -0.05) is 0 Å². The van der Waals surface area contributed by atoms with E-state index in [0.29, 0.717) is 0 Å². The summed E-state index contributed by atoms with van der Waals surface area (Å²) in [6.45, 7) is 1.71. The van der Waals surface area contributed by atoms with Crippen LogP contribution in [0.5, 0.6) is 0 Å². The lowest BCUT2D eigenvalue weighted by molar-refractivity contribution is 0.847. The van der Waals surface area contributed by atoms with Crippen LogP contribution < -0.4 is 11.3 Å². The molecule has 5 nitrogen and oxygen atoms in total. The highest BCUT2D eigenvalue weighted by molar-refractivity contribution is 7.71. The molecular formula is C7H10N4OS. The molecule has 0 radical (unpaired) electrons. The quantitative estimate of drug-likeness (QED) is 0.516. The van der Waals surface area contributed by atoms with Crippen molar-refractivity contribution in [2.24, 2.45) is 12.0 Å². The van der Waals surface area contributed by atoms with Gasteiger partial charge < -0.3 is 10.3 Å². The van der Waals surface area contributed by atoms with Crippen molar-refractivity contribution in [1.82, 2.24) is 9.55 Å². The van der Waals surface area contributed by atoms with Gasteiger partial charge in [0.1, 0.15) is 5.82 Å². The first-order chi connectivity index (χ1) is 6.07. The third kappa shape index (κ3) is 1.67. The maximum Gasteiger partial charge on any atom is 0.279 e. The van der Waals surface area contributed by atoms with Crippen molar-refractivity contribution >= 4 is 29.9 Å². The fourth-order valence-corrected chi connectivity index (χ4v) is 1.07. The van der Waals surface area contributed by atoms with Gasteiger partial charge >= 0.3 is 0 Å². The zero-order valence-electron chi connectivity index (χ0n) is 7.37. The molecule has 0 spiro atoms. The van der Waals surface area contributed by atoms with E-state index in [1.54, 1.807) is 14.0 Å². The van der Waals surface area contributed by atoms with Crippen LogP contribution in [0, 0.1) is 4.77 Å². The van der Waals surface area contributed by atoms with Gasteiger partial charge in [0, 0.05) is 13.3 Å². The van der Waals surface area contributed by atoms with Crippen LogP contribution >= 0.6 is 12.2 Å². The highest BCUT2D eigenvalue weighted by Crippen LogP contribution is 2.13. The van der Waals surface area contributed by atoms with Crippen LogP contribution in [0.4, 0.5) is 11.5 Å². The summed E-state index contributed by atoms with van der Waals surface area (Å²) in [5.41, 5.74) is 5.46. The van der Waals surface area contributed by atoms with Crippen molar-refractivity contribution in [3.63, 3.8) is 0 Å². The molecule has 0 aliphatic rings. The van der Waals surface area contributed by atoms with Crippen LogP contribution in [0.2, 0.25) is 0 Å². The van der Waals surface area contributed by atoms with Crippen LogP contribution in [-0.2, 0) is 7.05 Å². The normalized spacial score (nSPS) is 10.9. The summed E-state index contributed by atoms with van der Waals surface area (Å²) in [6, 6.07) is 0. The van der Waals surface area contributed by atoms with Crippen LogP contribution in [0.25, 0.3) is 0 Å². The van der Waals surface area contributed by atoms with Crippen molar-refractivity contribution in [1.29, 1.82) is 0 Å². The SMILES string of the molecule is CC=Nc1c(N)n(C)c(=S)[nH]c1=O. The molecule has 1 aromatic rings. The molecule has 6 heteroatoms. The molecule has 13 heavy (non-hydrogen) atoms. The van der Waals surface area contributed by atoms with E-state index in [-0.39, 0.29) is 21.8 Å². The Morgan fingerprint density at radius 3 is 2.85 bits per heavy atom. The first kappa shape index (κ1) is 9.66. The number of H-pyrrole nitrogens is 1. The molecule has 0 amide bonds. The van der Waals surface area contributed by atoms with Crippen molar-refractivity contribution in [3.05, 3.63) is 15.1 Å². The molecule has 0 aromatic carbocycles. The molecule has 0 unspecified atom stereocenters. The average molecular weight is 198 g/mol. The van der Waals surface area contributed by atoms with Crippen LogP contribution in [0.3, 0.4) is 0 Å². The molecule has 3 N–H and O–H groups in total. The Hall–Kier alpha value is -1.43. The number of hydrogen-bond acceptors (Lipinski definition) is 4. The number of nitrogens with one attached hydrogen (secondary N) is 1. The van der Waals surface area contributed by atoms with E-state index in [1.165, 1.54) is 10.8 Å². The molecule has 1 rings (SSSR count). The van der Waals surface area contributed by atoms with Crippen molar-refractivity contribution in [3.8, 4) is 0 Å². The Balaban J connectivity index is 3.63. The van der Waals surface area contributed by atoms with Gasteiger partial charge in [-0.05, 0) is 19.1 Å². The second-order valence-electron chi connectivity index (χ2n) is 2.44. The van der Waals surface area contributed by atoms with Gasteiger partial charge in [0.25, 0.3) is 5.56 Å². The predicted molar refractivity (Wildman–Crippen MR) is 55.1 cm³/mol. The van der Waals surface area contributed by atoms with Crippen LogP contribution in [0.1, 0.15) is 6.92 Å². The van der Waals surface area contributed by atoms with Crippen LogP contribution in [0.15, 0.2) is 9.79 Å². The predicted octanol–water partition coefficient (Wildman–Crippen LogP) is 0.747. The molecule has 0 saturated carbocycles. The first-order valence-electron chi connectivity index (χ1n) is 3.65. The third-order valence-corrected chi connectivity index (χ3v) is 1.98. The average Bonchev–Trinajstić information content (AvgIpc) is 2.09. The zero-order chi connectivity index (χ0) is 10.0. The molecule has 0 aliphatic carbocycles. The summed E-state index contributed by atoms with van der Waals surface area (Å²) < 4.78 is 1.79. The number of nitrogen functional groups attached to an aromatic ring is 1. The fraction of sp³-hybridized carbons (Fsp3) is 0.286. The lowest BCUT2D eigenvalue weighted by Gasteiger charge is -2.05. The summed E-state index contributed by atoms with van der Waals surface area (Å²) in [7, 11) is 1.67. The Morgan fingerprint density at radius 1 is 1.69 bits per heavy atom. The van der Waals surface area contributed by atoms with Gasteiger partial charge in [-0.15, -0.1) is 0 Å². The molecule has 1 heterocycles. The zero-order valence-corrected chi connectivity index (χ0v) is 8.18. The lowest BCUT2D eigenvalue weighted by atomic mass is 10.4. The Labute approximate surface area is 79.9 Å². The summed E-state index contributed by atoms with van der Waals surface area (Å²) in [5.74, 6) is 0.270. The lowest BCUT2D eigenvalue weighted by Crippen LogP contribution is -2.15. The maximum atomic E-state index is 11.3. The number of nitrogens with two attached hydrogens (primary N) is 1. The number of aromatic amines is 1. The molecule has 1 aromatic heterocycles. The van der Waals surface area contributed by atoms with Gasteiger partial charge in [0.15, 0.2) is 10.5 Å². The number of anilines is 1. The van der Waals surface area contributed by atoms with Gasteiger partial charge in [0.2, 0.25) is 0 Å². The van der Waals surface area contributed by atoms with E-state index in [1.807, 2.05) is 0 Å². The third-order valence-electron chi connectivity index (χ3n) is 1.60. The molecule has 0 bridgehead atoms. The van der Waals surface area contributed by atoms with Gasteiger partial charge in [-0.2, -0.15) is 0 Å². The first-order valence-corrected chi connectivity index (χ1v) is 4.06. The number of aliphatic imine (C=N–C) groups is 1. The highest BCUT2D eigenvalue weighted by Gasteiger charge is 2.05. The molecule has 0 atom stereocenters. The second kappa shape index (κ2) is 3.53. The largest absolute Gasteiger partial charge is 0.383 e. The molecular weight excluding hydrogens is 188 g/mol. The Kier molecular flexibility index (Phi) is 2.62. The number of nitrogens with zero attached hydrogens (tertiary/aromatic N) is 2. The standard InChI is InChI=1S/C7H10N4OS/c1-3-9-4-5(8)11(2)7(13)10-6(4)12/h3H,8H2,1-2H3,(H,10,12,13). The summed E-state index contributed by atoms with van der Waals surface area (Å²) in [5, 5.41) is 0. The van der Waals surface area contributed by atoms with Crippen molar-refractivity contribution < 1.29 is 0 Å². The monoisotopic (exact) mass is 198 g/mol. The van der Waals surface area contributed by atoms with E-state index in [4.69, 9.17) is 18.0 Å². The van der Waals surface area contributed by atoms with E-state index in [2.05, 4.69) is 9.98 Å². The molecule has 0 aliphatic heterocycles. The topological polar surface area (TPSA) is 76.2 Å². The fourth-order valence-electron chi connectivity index (χ4n) is 0.879. The minimum absolute atomic E-state index is 0.193. The van der Waals surface area contributed by atoms with E-state index in [0.717, 1.165) is 0 Å². The summed E-state index contributed by atoms with van der Waals surface area (Å²) >= 11 is 4.85. The van der Waals surface area contributed by atoms with Crippen molar-refractivity contribution in [2.75, 3.05) is 5.73 Å². The number of rotatable bonds is 1. The molecule has 0 fully saturated rings. The number of hydrogen-bond donors (Lipinski definition) is 2. The Bertz CT molecular complexity index is 457. The minimum Gasteiger partial charge on any atom is -0.383 e. The molecule has 70 valence electrons. The minimum atomic E-state index is -0.362. The molecule has 0 saturated heterocycles. The van der Waals surface area contributed by atoms with E-state index < -0.39 is 0 Å². The number of aromatic nitrogens is 2. The van der Waals surface area contributed by atoms with E-state index in [9.17, 15) is 4.79 Å². The maximum absolute atomic E-state index is 11.3. The Morgan fingerprint density at radius 2 is 2.31 bits per heavy atom. The second-order valence-corrected chi connectivity index (χ2v) is 2.83. The smallest absolute Gasteiger partial charge is 0.279 e.